The van der Waals surface area contributed by atoms with E-state index in [0.717, 1.165) is 40.3 Å². The number of hydrogen-bond acceptors (Lipinski definition) is 5. The molecule has 0 bridgehead atoms. The van der Waals surface area contributed by atoms with E-state index in [4.69, 9.17) is 0 Å². The van der Waals surface area contributed by atoms with Crippen molar-refractivity contribution >= 4 is 17.7 Å². The van der Waals surface area contributed by atoms with Gasteiger partial charge in [-0.3, -0.25) is 14.3 Å². The Balaban J connectivity index is 0.000000167. The number of thioether (sulfide) groups is 1. The predicted octanol–water partition coefficient (Wildman–Crippen LogP) is 4.48. The second-order valence-corrected chi connectivity index (χ2v) is 9.00. The van der Waals surface area contributed by atoms with Crippen molar-refractivity contribution in [2.75, 3.05) is 12.1 Å². The molecular weight excluding hydrogens is 486 g/mol. The molecule has 3 heterocycles. The molecule has 0 fully saturated rings. The Morgan fingerprint density at radius 1 is 1.03 bits per heavy atom. The first kappa shape index (κ1) is 24.6. The molecule has 3 aromatic rings. The van der Waals surface area contributed by atoms with Crippen LogP contribution in [0.3, 0.4) is 0 Å². The molecule has 1 atom stereocenters. The zero-order valence-corrected chi connectivity index (χ0v) is 19.3. The minimum Gasteiger partial charge on any atom is -0.502 e. The average Bonchev–Trinajstić information content (AvgIpc) is 3.01. The Labute approximate surface area is 202 Å². The van der Waals surface area contributed by atoms with Crippen molar-refractivity contribution in [3.05, 3.63) is 93.2 Å². The highest BCUT2D eigenvalue weighted by atomic mass is 32.2. The largest absolute Gasteiger partial charge is 0.502 e. The summed E-state index contributed by atoms with van der Waals surface area (Å²) in [4.78, 5) is 24.5. The molecule has 11 heteroatoms. The average molecular weight is 508 g/mol. The second-order valence-electron chi connectivity index (χ2n) is 8.02. The van der Waals surface area contributed by atoms with Gasteiger partial charge in [0.2, 0.25) is 5.43 Å². The minimum absolute atomic E-state index is 0.0877. The number of fused-ring (bicyclic) bond motifs is 3. The van der Waals surface area contributed by atoms with Gasteiger partial charge in [0, 0.05) is 22.9 Å². The number of hydrogen-bond donors (Lipinski definition) is 2. The molecule has 0 saturated heterocycles. The van der Waals surface area contributed by atoms with Gasteiger partial charge in [0.05, 0.1) is 0 Å². The van der Waals surface area contributed by atoms with Gasteiger partial charge >= 0.3 is 6.18 Å². The third kappa shape index (κ3) is 5.00. The Morgan fingerprint density at radius 3 is 2.43 bits per heavy atom. The molecule has 5 rings (SSSR count). The lowest BCUT2D eigenvalue weighted by Gasteiger charge is -2.35. The number of pyridine rings is 1. The molecule has 184 valence electrons. The van der Waals surface area contributed by atoms with Crippen LogP contribution in [0, 0.1) is 5.82 Å². The molecular formula is C24H21F4N3O3S. The molecule has 0 spiro atoms. The van der Waals surface area contributed by atoms with Gasteiger partial charge in [0.25, 0.3) is 5.91 Å². The summed E-state index contributed by atoms with van der Waals surface area (Å²) in [5, 5.41) is 9.51. The maximum atomic E-state index is 13.7. The summed E-state index contributed by atoms with van der Waals surface area (Å²) in [5.41, 5.74) is 4.90. The minimum atomic E-state index is -4.59. The van der Waals surface area contributed by atoms with Crippen LogP contribution in [0.5, 0.6) is 5.75 Å². The first-order chi connectivity index (χ1) is 16.6. The van der Waals surface area contributed by atoms with Gasteiger partial charge in [-0.15, -0.1) is 11.8 Å². The summed E-state index contributed by atoms with van der Waals surface area (Å²) >= 11 is 1.60. The maximum Gasteiger partial charge on any atom is 0.408 e. The maximum absolute atomic E-state index is 13.7. The molecule has 2 aliphatic rings. The Bertz CT molecular complexity index is 1330. The first-order valence-corrected chi connectivity index (χ1v) is 11.6. The van der Waals surface area contributed by atoms with Crippen molar-refractivity contribution in [3.8, 4) is 5.75 Å². The molecule has 2 aromatic carbocycles. The summed E-state index contributed by atoms with van der Waals surface area (Å²) in [6.07, 6.45) is -2.58. The van der Waals surface area contributed by atoms with Gasteiger partial charge in [-0.25, -0.2) is 4.39 Å². The van der Waals surface area contributed by atoms with Crippen LogP contribution in [0.1, 0.15) is 34.1 Å². The molecule has 1 amide bonds. The van der Waals surface area contributed by atoms with Gasteiger partial charge in [0.15, 0.2) is 11.4 Å². The van der Waals surface area contributed by atoms with E-state index < -0.39 is 35.0 Å². The van der Waals surface area contributed by atoms with Crippen molar-refractivity contribution in [1.82, 2.24) is 9.58 Å². The summed E-state index contributed by atoms with van der Waals surface area (Å²) < 4.78 is 52.5. The second kappa shape index (κ2) is 9.65. The number of nitrogens with zero attached hydrogens (tertiary/aromatic N) is 2. The number of alkyl halides is 3. The quantitative estimate of drug-likeness (QED) is 0.475. The van der Waals surface area contributed by atoms with E-state index in [2.05, 4.69) is 17.6 Å². The lowest BCUT2D eigenvalue weighted by atomic mass is 10.0. The van der Waals surface area contributed by atoms with Crippen molar-refractivity contribution < 1.29 is 27.5 Å². The van der Waals surface area contributed by atoms with Crippen LogP contribution in [-0.4, -0.2) is 39.5 Å². The zero-order valence-electron chi connectivity index (χ0n) is 18.5. The van der Waals surface area contributed by atoms with E-state index in [0.29, 0.717) is 4.90 Å². The Hall–Kier alpha value is -3.47. The van der Waals surface area contributed by atoms with Crippen LogP contribution in [0.15, 0.2) is 64.4 Å². The van der Waals surface area contributed by atoms with Crippen LogP contribution in [-0.2, 0) is 12.2 Å². The number of aromatic nitrogens is 1. The lowest BCUT2D eigenvalue weighted by Crippen LogP contribution is -2.54. The summed E-state index contributed by atoms with van der Waals surface area (Å²) in [6.45, 7) is 0.447. The highest BCUT2D eigenvalue weighted by molar-refractivity contribution is 7.98. The lowest BCUT2D eigenvalue weighted by molar-refractivity contribution is -0.172. The van der Waals surface area contributed by atoms with Crippen molar-refractivity contribution in [2.24, 2.45) is 0 Å². The van der Waals surface area contributed by atoms with Gasteiger partial charge in [0.1, 0.15) is 18.5 Å². The number of rotatable bonds is 1. The highest BCUT2D eigenvalue weighted by Crippen LogP contribution is 2.35. The third-order valence-electron chi connectivity index (χ3n) is 5.81. The molecule has 0 saturated carbocycles. The molecule has 0 unspecified atom stereocenters. The van der Waals surface area contributed by atoms with Gasteiger partial charge in [-0.1, -0.05) is 36.4 Å². The molecule has 0 aliphatic carbocycles. The van der Waals surface area contributed by atoms with E-state index in [9.17, 15) is 32.3 Å². The zero-order chi connectivity index (χ0) is 25.3. The number of amides is 1. The Morgan fingerprint density at radius 2 is 1.71 bits per heavy atom. The molecule has 2 N–H and O–H groups in total. The van der Waals surface area contributed by atoms with Crippen molar-refractivity contribution in [1.29, 1.82) is 0 Å². The van der Waals surface area contributed by atoms with E-state index in [1.807, 2.05) is 18.2 Å². The van der Waals surface area contributed by atoms with Gasteiger partial charge in [-0.2, -0.15) is 13.2 Å². The van der Waals surface area contributed by atoms with Crippen molar-refractivity contribution in [2.45, 2.75) is 36.2 Å². The fraction of sp³-hybridized carbons (Fsp3) is 0.250. The monoisotopic (exact) mass is 507 g/mol. The predicted molar refractivity (Wildman–Crippen MR) is 123 cm³/mol. The number of aromatic hydroxyl groups is 1. The SMILES string of the molecule is C[C@H](N1CNn2ccc(=O)c(O)c2C1=O)C(F)(F)F.Fc1cccc2c1SCc1ccccc1C2. The van der Waals surface area contributed by atoms with Crippen LogP contribution < -0.4 is 10.9 Å². The fourth-order valence-electron chi connectivity index (χ4n) is 3.79. The topological polar surface area (TPSA) is 74.6 Å². The number of halogens is 4. The molecule has 0 radical (unpaired) electrons. The molecule has 35 heavy (non-hydrogen) atoms. The summed E-state index contributed by atoms with van der Waals surface area (Å²) in [7, 11) is 0. The van der Waals surface area contributed by atoms with Crippen LogP contribution in [0.25, 0.3) is 0 Å². The number of nitrogens with one attached hydrogen (secondary N) is 1. The number of carbonyl (C=O) groups excluding carboxylic acids is 1. The summed E-state index contributed by atoms with van der Waals surface area (Å²) in [5.74, 6) is -1.16. The standard InChI is InChI=1S/C14H11FS.C10H10F3N3O3/c15-13-7-3-6-11-8-10-4-1-2-5-12(10)9-16-14(11)13;1-5(10(11,12)13)15-4-14-16-3-2-6(17)8(18)7(16)9(15)19/h1-7H,8-9H2;2-3,5,14,18H,4H2,1H3/t;5-/m.0/s1. The van der Waals surface area contributed by atoms with E-state index in [1.54, 1.807) is 23.9 Å². The number of benzene rings is 2. The van der Waals surface area contributed by atoms with E-state index in [1.165, 1.54) is 17.3 Å². The van der Waals surface area contributed by atoms with E-state index >= 15 is 0 Å². The van der Waals surface area contributed by atoms with Crippen LogP contribution in [0.4, 0.5) is 17.6 Å². The van der Waals surface area contributed by atoms with Gasteiger partial charge < -0.3 is 15.4 Å². The molecule has 1 aromatic heterocycles. The fourth-order valence-corrected chi connectivity index (χ4v) is 4.91. The Kier molecular flexibility index (Phi) is 6.79. The van der Waals surface area contributed by atoms with Crippen LogP contribution >= 0.6 is 11.8 Å². The van der Waals surface area contributed by atoms with Crippen molar-refractivity contribution in [3.63, 3.8) is 0 Å². The smallest absolute Gasteiger partial charge is 0.408 e. The van der Waals surface area contributed by atoms with Crippen LogP contribution in [0.2, 0.25) is 0 Å². The first-order valence-electron chi connectivity index (χ1n) is 10.6. The molecule has 2 aliphatic heterocycles. The number of carbonyl (C=O) groups is 1. The summed E-state index contributed by atoms with van der Waals surface area (Å²) in [6, 6.07) is 12.7. The highest BCUT2D eigenvalue weighted by Gasteiger charge is 2.44. The van der Waals surface area contributed by atoms with E-state index in [-0.39, 0.29) is 12.5 Å². The van der Waals surface area contributed by atoms with Gasteiger partial charge in [-0.05, 0) is 36.1 Å². The third-order valence-corrected chi connectivity index (χ3v) is 7.01. The molecule has 6 nitrogen and oxygen atoms in total. The normalized spacial score (nSPS) is 15.5.